The van der Waals surface area contributed by atoms with Crippen LogP contribution in [0.2, 0.25) is 0 Å². The van der Waals surface area contributed by atoms with Gasteiger partial charge in [-0.1, -0.05) is 0 Å². The van der Waals surface area contributed by atoms with E-state index < -0.39 is 0 Å². The second kappa shape index (κ2) is 3.67. The first-order valence-electron chi connectivity index (χ1n) is 3.68. The normalized spacial score (nSPS) is 28.3. The molecule has 2 atom stereocenters. The van der Waals surface area contributed by atoms with E-state index in [0.717, 1.165) is 0 Å². The summed E-state index contributed by atoms with van der Waals surface area (Å²) in [7, 11) is 0. The van der Waals surface area contributed by atoms with Gasteiger partial charge in [0, 0.05) is 6.54 Å². The van der Waals surface area contributed by atoms with Crippen LogP contribution < -0.4 is 0 Å². The van der Waals surface area contributed by atoms with Gasteiger partial charge in [-0.05, 0) is 6.92 Å². The molecular formula is C7H12N2O2. The third-order valence-electron chi connectivity index (χ3n) is 1.56. The number of nitrogens with zero attached hydrogens (tertiary/aromatic N) is 2. The molecule has 1 unspecified atom stereocenters. The van der Waals surface area contributed by atoms with Crippen LogP contribution in [0.4, 0.5) is 0 Å². The number of nitriles is 1. The summed E-state index contributed by atoms with van der Waals surface area (Å²) in [5.41, 5.74) is 0. The van der Waals surface area contributed by atoms with E-state index in [1.807, 2.05) is 6.92 Å². The fraction of sp³-hybridized carbons (Fsp3) is 0.857. The number of β-amino-alcohol motifs (C(OH)–C–C–N with tert-alkyl or cyclic N) is 1. The van der Waals surface area contributed by atoms with E-state index in [1.165, 1.54) is 0 Å². The largest absolute Gasteiger partial charge is 0.389 e. The molecule has 0 radical (unpaired) electrons. The van der Waals surface area contributed by atoms with Crippen LogP contribution in [-0.2, 0) is 4.84 Å². The highest BCUT2D eigenvalue weighted by Gasteiger charge is 2.22. The maximum absolute atomic E-state index is 9.04. The zero-order chi connectivity index (χ0) is 8.27. The Labute approximate surface area is 65.9 Å². The van der Waals surface area contributed by atoms with Crippen molar-refractivity contribution in [3.63, 3.8) is 0 Å². The van der Waals surface area contributed by atoms with Gasteiger partial charge in [-0.15, -0.1) is 0 Å². The number of aliphatic hydroxyl groups excluding tert-OH is 1. The molecule has 1 fully saturated rings. The summed E-state index contributed by atoms with van der Waals surface area (Å²) in [5.74, 6) is -0.0414. The number of hydrogen-bond acceptors (Lipinski definition) is 4. The van der Waals surface area contributed by atoms with Gasteiger partial charge in [0.25, 0.3) is 0 Å². The number of hydroxylamine groups is 2. The Morgan fingerprint density at radius 1 is 1.91 bits per heavy atom. The Balaban J connectivity index is 2.24. The Bertz CT molecular complexity index is 166. The van der Waals surface area contributed by atoms with Crippen molar-refractivity contribution in [2.24, 2.45) is 5.92 Å². The molecule has 4 nitrogen and oxygen atoms in total. The minimum Gasteiger partial charge on any atom is -0.389 e. The molecule has 1 heterocycles. The van der Waals surface area contributed by atoms with Crippen LogP contribution in [0, 0.1) is 17.2 Å². The molecule has 0 aromatic heterocycles. The van der Waals surface area contributed by atoms with Gasteiger partial charge in [-0.2, -0.15) is 10.3 Å². The van der Waals surface area contributed by atoms with Crippen molar-refractivity contribution in [3.8, 4) is 6.07 Å². The molecular weight excluding hydrogens is 144 g/mol. The van der Waals surface area contributed by atoms with Crippen molar-refractivity contribution in [2.45, 2.75) is 13.0 Å². The van der Waals surface area contributed by atoms with Gasteiger partial charge in [0.05, 0.1) is 31.2 Å². The molecule has 0 amide bonds. The molecule has 62 valence electrons. The third kappa shape index (κ3) is 2.46. The Morgan fingerprint density at radius 3 is 3.09 bits per heavy atom. The molecule has 1 aliphatic heterocycles. The SMILES string of the molecule is CC(C#N)CN1C[C@H](O)CO1. The summed E-state index contributed by atoms with van der Waals surface area (Å²) in [6, 6.07) is 2.10. The number of aliphatic hydroxyl groups is 1. The molecule has 11 heavy (non-hydrogen) atoms. The first kappa shape index (κ1) is 8.47. The van der Waals surface area contributed by atoms with E-state index in [0.29, 0.717) is 19.7 Å². The summed E-state index contributed by atoms with van der Waals surface area (Å²) < 4.78 is 0. The lowest BCUT2D eigenvalue weighted by Crippen LogP contribution is -2.25. The molecule has 1 rings (SSSR count). The van der Waals surface area contributed by atoms with Crippen LogP contribution in [0.5, 0.6) is 0 Å². The fourth-order valence-corrected chi connectivity index (χ4v) is 1.01. The molecule has 0 aromatic carbocycles. The van der Waals surface area contributed by atoms with Crippen LogP contribution in [0.1, 0.15) is 6.92 Å². The van der Waals surface area contributed by atoms with Crippen LogP contribution in [0.3, 0.4) is 0 Å². The molecule has 4 heteroatoms. The summed E-state index contributed by atoms with van der Waals surface area (Å²) in [4.78, 5) is 5.07. The smallest absolute Gasteiger partial charge is 0.0958 e. The van der Waals surface area contributed by atoms with Crippen molar-refractivity contribution in [3.05, 3.63) is 0 Å². The predicted molar refractivity (Wildman–Crippen MR) is 38.3 cm³/mol. The topological polar surface area (TPSA) is 56.5 Å². The van der Waals surface area contributed by atoms with Gasteiger partial charge in [0.2, 0.25) is 0 Å². The Morgan fingerprint density at radius 2 is 2.64 bits per heavy atom. The fourth-order valence-electron chi connectivity index (χ4n) is 1.01. The zero-order valence-corrected chi connectivity index (χ0v) is 6.53. The van der Waals surface area contributed by atoms with Gasteiger partial charge in [-0.25, -0.2) is 0 Å². The Kier molecular flexibility index (Phi) is 2.83. The van der Waals surface area contributed by atoms with E-state index in [-0.39, 0.29) is 12.0 Å². The third-order valence-corrected chi connectivity index (χ3v) is 1.56. The van der Waals surface area contributed by atoms with E-state index in [2.05, 4.69) is 6.07 Å². The van der Waals surface area contributed by atoms with Crippen LogP contribution in [0.25, 0.3) is 0 Å². The molecule has 1 aliphatic rings. The first-order valence-corrected chi connectivity index (χ1v) is 3.68. The lowest BCUT2D eigenvalue weighted by molar-refractivity contribution is -0.114. The summed E-state index contributed by atoms with van der Waals surface area (Å²) in [6.07, 6.45) is -0.388. The quantitative estimate of drug-likeness (QED) is 0.599. The average molecular weight is 156 g/mol. The highest BCUT2D eigenvalue weighted by Crippen LogP contribution is 2.07. The molecule has 0 aliphatic carbocycles. The molecule has 1 saturated heterocycles. The lowest BCUT2D eigenvalue weighted by Gasteiger charge is -2.13. The maximum atomic E-state index is 9.04. The van der Waals surface area contributed by atoms with Crippen LogP contribution in [0.15, 0.2) is 0 Å². The van der Waals surface area contributed by atoms with Crippen molar-refractivity contribution in [2.75, 3.05) is 19.7 Å². The first-order chi connectivity index (χ1) is 5.22. The van der Waals surface area contributed by atoms with Crippen molar-refractivity contribution in [1.29, 1.82) is 5.26 Å². The summed E-state index contributed by atoms with van der Waals surface area (Å²) in [5, 5.41) is 19.1. The minimum absolute atomic E-state index is 0.0414. The monoisotopic (exact) mass is 156 g/mol. The Hall–Kier alpha value is -0.630. The highest BCUT2D eigenvalue weighted by molar-refractivity contribution is 4.81. The zero-order valence-electron chi connectivity index (χ0n) is 6.53. The molecule has 0 bridgehead atoms. The van der Waals surface area contributed by atoms with Gasteiger partial charge < -0.3 is 5.11 Å². The van der Waals surface area contributed by atoms with Gasteiger partial charge in [0.15, 0.2) is 0 Å². The summed E-state index contributed by atoms with van der Waals surface area (Å²) >= 11 is 0. The minimum atomic E-state index is -0.388. The van der Waals surface area contributed by atoms with Crippen molar-refractivity contribution < 1.29 is 9.94 Å². The van der Waals surface area contributed by atoms with Crippen LogP contribution >= 0.6 is 0 Å². The number of hydrogen-bond donors (Lipinski definition) is 1. The van der Waals surface area contributed by atoms with Gasteiger partial charge in [0.1, 0.15) is 0 Å². The maximum Gasteiger partial charge on any atom is 0.0958 e. The second-order valence-corrected chi connectivity index (χ2v) is 2.83. The highest BCUT2D eigenvalue weighted by atomic mass is 16.7. The molecule has 0 spiro atoms. The van der Waals surface area contributed by atoms with E-state index in [4.69, 9.17) is 15.2 Å². The van der Waals surface area contributed by atoms with Crippen LogP contribution in [-0.4, -0.2) is 36.0 Å². The molecule has 0 saturated carbocycles. The second-order valence-electron chi connectivity index (χ2n) is 2.83. The van der Waals surface area contributed by atoms with E-state index in [9.17, 15) is 0 Å². The standard InChI is InChI=1S/C7H12N2O2/c1-6(2-8)3-9-4-7(10)5-11-9/h6-7,10H,3-5H2,1H3/t6?,7-/m0/s1. The van der Waals surface area contributed by atoms with Crippen molar-refractivity contribution >= 4 is 0 Å². The van der Waals surface area contributed by atoms with Gasteiger partial charge >= 0.3 is 0 Å². The average Bonchev–Trinajstić information content (AvgIpc) is 2.35. The molecule has 0 aromatic rings. The predicted octanol–water partition coefficient (Wildman–Crippen LogP) is -0.246. The van der Waals surface area contributed by atoms with Gasteiger partial charge in [-0.3, -0.25) is 4.84 Å². The molecule has 1 N–H and O–H groups in total. The van der Waals surface area contributed by atoms with Crippen molar-refractivity contribution in [1.82, 2.24) is 5.06 Å². The number of rotatable bonds is 2. The van der Waals surface area contributed by atoms with E-state index in [1.54, 1.807) is 5.06 Å². The van der Waals surface area contributed by atoms with E-state index >= 15 is 0 Å². The summed E-state index contributed by atoms with van der Waals surface area (Å²) in [6.45, 7) is 3.28. The lowest BCUT2D eigenvalue weighted by atomic mass is 10.2.